The number of hydrogen-bond acceptors (Lipinski definition) is 5. The van der Waals surface area contributed by atoms with Crippen LogP contribution in [0.3, 0.4) is 0 Å². The number of anilines is 1. The van der Waals surface area contributed by atoms with Crippen LogP contribution in [0.15, 0.2) is 3.92 Å². The Bertz CT molecular complexity index is 331. The first kappa shape index (κ1) is 8.14. The molecule has 2 bridgehead atoms. The van der Waals surface area contributed by atoms with Crippen LogP contribution in [0.25, 0.3) is 0 Å². The highest BCUT2D eigenvalue weighted by atomic mass is 79.9. The zero-order valence-corrected chi connectivity index (χ0v) is 9.21. The highest BCUT2D eigenvalue weighted by Crippen LogP contribution is 2.34. The van der Waals surface area contributed by atoms with E-state index in [4.69, 9.17) is 4.74 Å². The monoisotopic (exact) mass is 261 g/mol. The summed E-state index contributed by atoms with van der Waals surface area (Å²) in [5.41, 5.74) is 0. The maximum Gasteiger partial charge on any atom is 0.209 e. The Morgan fingerprint density at radius 2 is 2.46 bits per heavy atom. The van der Waals surface area contributed by atoms with Crippen molar-refractivity contribution < 1.29 is 4.74 Å². The molecular formula is C7H8BrN3OS. The van der Waals surface area contributed by atoms with Crippen molar-refractivity contribution in [3.05, 3.63) is 3.92 Å². The van der Waals surface area contributed by atoms with Gasteiger partial charge in [0, 0.05) is 6.54 Å². The molecule has 2 fully saturated rings. The lowest BCUT2D eigenvalue weighted by Crippen LogP contribution is -2.36. The summed E-state index contributed by atoms with van der Waals surface area (Å²) in [5.74, 6) is 0. The van der Waals surface area contributed by atoms with Crippen molar-refractivity contribution in [1.29, 1.82) is 0 Å². The van der Waals surface area contributed by atoms with Crippen molar-refractivity contribution in [3.63, 3.8) is 0 Å². The quantitative estimate of drug-likeness (QED) is 0.764. The van der Waals surface area contributed by atoms with E-state index < -0.39 is 0 Å². The SMILES string of the molecule is Brc1nnc(N2CC3CC2CO3)s1. The molecule has 3 heterocycles. The summed E-state index contributed by atoms with van der Waals surface area (Å²) in [5, 5.41) is 9.07. The van der Waals surface area contributed by atoms with Crippen LogP contribution in [-0.2, 0) is 4.74 Å². The fourth-order valence-electron chi connectivity index (χ4n) is 1.95. The molecule has 13 heavy (non-hydrogen) atoms. The molecule has 0 amide bonds. The Hall–Kier alpha value is -0.200. The minimum Gasteiger partial charge on any atom is -0.374 e. The first-order valence-electron chi connectivity index (χ1n) is 4.20. The molecule has 0 spiro atoms. The topological polar surface area (TPSA) is 38.2 Å². The van der Waals surface area contributed by atoms with E-state index in [1.165, 1.54) is 0 Å². The molecule has 6 heteroatoms. The standard InChI is InChI=1S/C7H8BrN3OS/c8-6-9-10-7(13-6)11-2-5-1-4(11)3-12-5/h4-5H,1-3H2. The molecule has 0 aromatic carbocycles. The van der Waals surface area contributed by atoms with Crippen LogP contribution in [0, 0.1) is 0 Å². The Kier molecular flexibility index (Phi) is 1.81. The van der Waals surface area contributed by atoms with Gasteiger partial charge in [-0.1, -0.05) is 11.3 Å². The predicted octanol–water partition coefficient (Wildman–Crippen LogP) is 1.28. The number of hydrogen-bond donors (Lipinski definition) is 0. The van der Waals surface area contributed by atoms with Crippen LogP contribution in [0.1, 0.15) is 6.42 Å². The average Bonchev–Trinajstić information content (AvgIpc) is 2.77. The Morgan fingerprint density at radius 1 is 1.54 bits per heavy atom. The first-order chi connectivity index (χ1) is 6.33. The van der Waals surface area contributed by atoms with E-state index in [-0.39, 0.29) is 0 Å². The minimum absolute atomic E-state index is 0.424. The fourth-order valence-corrected chi connectivity index (χ4v) is 3.12. The van der Waals surface area contributed by atoms with Gasteiger partial charge in [-0.2, -0.15) is 0 Å². The largest absolute Gasteiger partial charge is 0.374 e. The second-order valence-corrected chi connectivity index (χ2v) is 5.57. The lowest BCUT2D eigenvalue weighted by Gasteiger charge is -2.25. The van der Waals surface area contributed by atoms with Gasteiger partial charge in [0.2, 0.25) is 5.13 Å². The Morgan fingerprint density at radius 3 is 3.00 bits per heavy atom. The smallest absolute Gasteiger partial charge is 0.209 e. The Labute approximate surface area is 88.0 Å². The van der Waals surface area contributed by atoms with Gasteiger partial charge in [-0.15, -0.1) is 10.2 Å². The van der Waals surface area contributed by atoms with Crippen LogP contribution in [0.2, 0.25) is 0 Å². The van der Waals surface area contributed by atoms with Gasteiger partial charge in [-0.05, 0) is 22.4 Å². The van der Waals surface area contributed by atoms with Crippen molar-refractivity contribution >= 4 is 32.4 Å². The van der Waals surface area contributed by atoms with E-state index in [9.17, 15) is 0 Å². The molecule has 2 aliphatic heterocycles. The average molecular weight is 262 g/mol. The normalized spacial score (nSPS) is 31.6. The first-order valence-corrected chi connectivity index (χ1v) is 5.81. The molecule has 0 saturated carbocycles. The molecule has 4 nitrogen and oxygen atoms in total. The predicted molar refractivity (Wildman–Crippen MR) is 53.1 cm³/mol. The second-order valence-electron chi connectivity index (χ2n) is 3.33. The van der Waals surface area contributed by atoms with E-state index in [1.54, 1.807) is 11.3 Å². The van der Waals surface area contributed by atoms with Gasteiger partial charge in [0.05, 0.1) is 18.8 Å². The van der Waals surface area contributed by atoms with Crippen LogP contribution in [-0.4, -0.2) is 35.5 Å². The van der Waals surface area contributed by atoms with Crippen molar-refractivity contribution in [2.45, 2.75) is 18.6 Å². The van der Waals surface area contributed by atoms with Crippen molar-refractivity contribution in [2.24, 2.45) is 0 Å². The van der Waals surface area contributed by atoms with Gasteiger partial charge in [0.1, 0.15) is 0 Å². The van der Waals surface area contributed by atoms with Crippen LogP contribution >= 0.6 is 27.3 Å². The van der Waals surface area contributed by atoms with Gasteiger partial charge < -0.3 is 9.64 Å². The number of morpholine rings is 1. The van der Waals surface area contributed by atoms with E-state index in [1.807, 2.05) is 0 Å². The van der Waals surface area contributed by atoms with Crippen LogP contribution in [0.4, 0.5) is 5.13 Å². The summed E-state index contributed by atoms with van der Waals surface area (Å²) < 4.78 is 6.37. The van der Waals surface area contributed by atoms with Crippen molar-refractivity contribution in [3.8, 4) is 0 Å². The molecule has 70 valence electrons. The molecule has 3 rings (SSSR count). The summed E-state index contributed by atoms with van der Waals surface area (Å²) in [4.78, 5) is 2.30. The number of halogens is 1. The molecule has 1 aromatic rings. The molecule has 0 radical (unpaired) electrons. The van der Waals surface area contributed by atoms with Crippen molar-refractivity contribution in [2.75, 3.05) is 18.1 Å². The highest BCUT2D eigenvalue weighted by Gasteiger charge is 2.40. The molecular weight excluding hydrogens is 254 g/mol. The molecule has 2 unspecified atom stereocenters. The zero-order chi connectivity index (χ0) is 8.84. The van der Waals surface area contributed by atoms with E-state index >= 15 is 0 Å². The number of nitrogens with zero attached hydrogens (tertiary/aromatic N) is 3. The van der Waals surface area contributed by atoms with E-state index in [0.29, 0.717) is 12.1 Å². The van der Waals surface area contributed by atoms with Gasteiger partial charge in [-0.3, -0.25) is 0 Å². The summed E-state index contributed by atoms with van der Waals surface area (Å²) in [7, 11) is 0. The maximum absolute atomic E-state index is 5.51. The summed E-state index contributed by atoms with van der Waals surface area (Å²) >= 11 is 4.91. The van der Waals surface area contributed by atoms with Gasteiger partial charge in [-0.25, -0.2) is 0 Å². The zero-order valence-electron chi connectivity index (χ0n) is 6.81. The lowest BCUT2D eigenvalue weighted by atomic mass is 10.2. The number of rotatable bonds is 1. The number of ether oxygens (including phenoxy) is 1. The second kappa shape index (κ2) is 2.90. The van der Waals surface area contributed by atoms with Crippen LogP contribution < -0.4 is 4.90 Å². The Balaban J connectivity index is 1.87. The summed E-state index contributed by atoms with van der Waals surface area (Å²) in [6.07, 6.45) is 1.57. The maximum atomic E-state index is 5.51. The molecule has 2 saturated heterocycles. The molecule has 2 atom stereocenters. The fraction of sp³-hybridized carbons (Fsp3) is 0.714. The highest BCUT2D eigenvalue weighted by molar-refractivity contribution is 9.11. The minimum atomic E-state index is 0.424. The van der Waals surface area contributed by atoms with Crippen molar-refractivity contribution in [1.82, 2.24) is 10.2 Å². The summed E-state index contributed by atoms with van der Waals surface area (Å²) in [6.45, 7) is 1.83. The third-order valence-electron chi connectivity index (χ3n) is 2.54. The van der Waals surface area contributed by atoms with Gasteiger partial charge >= 0.3 is 0 Å². The van der Waals surface area contributed by atoms with E-state index in [0.717, 1.165) is 28.6 Å². The summed E-state index contributed by atoms with van der Waals surface area (Å²) in [6, 6.07) is 0.532. The lowest BCUT2D eigenvalue weighted by molar-refractivity contribution is 0.0991. The third kappa shape index (κ3) is 1.28. The van der Waals surface area contributed by atoms with Gasteiger partial charge in [0.25, 0.3) is 0 Å². The molecule has 0 N–H and O–H groups in total. The molecule has 1 aromatic heterocycles. The molecule has 0 aliphatic carbocycles. The van der Waals surface area contributed by atoms with E-state index in [2.05, 4.69) is 31.0 Å². The third-order valence-corrected chi connectivity index (χ3v) is 3.93. The van der Waals surface area contributed by atoms with Gasteiger partial charge in [0.15, 0.2) is 3.92 Å². The van der Waals surface area contributed by atoms with Crippen LogP contribution in [0.5, 0.6) is 0 Å². The number of fused-ring (bicyclic) bond motifs is 2. The number of aromatic nitrogens is 2. The molecule has 2 aliphatic rings.